The summed E-state index contributed by atoms with van der Waals surface area (Å²) in [4.78, 5) is 12.5. The Balaban J connectivity index is 1.90. The Morgan fingerprint density at radius 2 is 1.43 bits per heavy atom. The third-order valence-electron chi connectivity index (χ3n) is 4.19. The normalized spacial score (nSPS) is 20.2. The summed E-state index contributed by atoms with van der Waals surface area (Å²) in [5, 5.41) is 0. The van der Waals surface area contributed by atoms with Crippen LogP contribution in [0.25, 0.3) is 0 Å². The minimum Gasteiger partial charge on any atom is -0.462 e. The largest absolute Gasteiger partial charge is 0.462 e. The van der Waals surface area contributed by atoms with Gasteiger partial charge in [-0.05, 0) is 30.9 Å². The van der Waals surface area contributed by atoms with E-state index < -0.39 is 5.41 Å². The van der Waals surface area contributed by atoms with Crippen molar-refractivity contribution in [3.63, 3.8) is 0 Å². The quantitative estimate of drug-likeness (QED) is 0.796. The first-order chi connectivity index (χ1) is 10.2. The lowest BCUT2D eigenvalue weighted by atomic mass is 9.74. The van der Waals surface area contributed by atoms with E-state index in [0.29, 0.717) is 0 Å². The fourth-order valence-corrected chi connectivity index (χ4v) is 3.31. The molecule has 21 heavy (non-hydrogen) atoms. The molecule has 0 bridgehead atoms. The Labute approximate surface area is 125 Å². The fourth-order valence-electron chi connectivity index (χ4n) is 3.31. The third kappa shape index (κ3) is 2.99. The Kier molecular flexibility index (Phi) is 3.78. The van der Waals surface area contributed by atoms with Gasteiger partial charge in [0, 0.05) is 6.42 Å². The van der Waals surface area contributed by atoms with Gasteiger partial charge in [0.2, 0.25) is 0 Å². The van der Waals surface area contributed by atoms with E-state index in [4.69, 9.17) is 4.74 Å². The van der Waals surface area contributed by atoms with Gasteiger partial charge in [0.1, 0.15) is 6.10 Å². The molecule has 0 aromatic heterocycles. The maximum Gasteiger partial charge on any atom is 0.313 e. The molecule has 2 aromatic carbocycles. The SMILES string of the molecule is C[C@@H]1CC(Cc2ccccc2)(Cc2ccccc2)C(=O)O1. The Bertz CT molecular complexity index is 562. The van der Waals surface area contributed by atoms with Crippen molar-refractivity contribution in [2.24, 2.45) is 5.41 Å². The molecule has 2 aromatic rings. The Morgan fingerprint density at radius 1 is 0.952 bits per heavy atom. The number of carbonyl (C=O) groups is 1. The molecule has 0 spiro atoms. The van der Waals surface area contributed by atoms with Crippen molar-refractivity contribution in [3.8, 4) is 0 Å². The highest BCUT2D eigenvalue weighted by atomic mass is 16.6. The third-order valence-corrected chi connectivity index (χ3v) is 4.19. The predicted octanol–water partition coefficient (Wildman–Crippen LogP) is 3.79. The zero-order chi connectivity index (χ0) is 14.7. The average Bonchev–Trinajstić information content (AvgIpc) is 2.75. The van der Waals surface area contributed by atoms with Crippen molar-refractivity contribution in [3.05, 3.63) is 71.8 Å². The molecule has 0 amide bonds. The second-order valence-electron chi connectivity index (χ2n) is 6.03. The molecular weight excluding hydrogens is 260 g/mol. The maximum absolute atomic E-state index is 12.5. The van der Waals surface area contributed by atoms with Gasteiger partial charge in [0.15, 0.2) is 0 Å². The van der Waals surface area contributed by atoms with E-state index in [9.17, 15) is 4.79 Å². The molecular formula is C19H20O2. The van der Waals surface area contributed by atoms with Gasteiger partial charge >= 0.3 is 5.97 Å². The summed E-state index contributed by atoms with van der Waals surface area (Å²) in [5.74, 6) is -0.0530. The average molecular weight is 280 g/mol. The molecule has 108 valence electrons. The zero-order valence-corrected chi connectivity index (χ0v) is 12.3. The number of ether oxygens (including phenoxy) is 1. The van der Waals surface area contributed by atoms with Gasteiger partial charge in [0.25, 0.3) is 0 Å². The summed E-state index contributed by atoms with van der Waals surface area (Å²) < 4.78 is 5.48. The Hall–Kier alpha value is -2.09. The van der Waals surface area contributed by atoms with Crippen LogP contribution >= 0.6 is 0 Å². The van der Waals surface area contributed by atoms with E-state index in [0.717, 1.165) is 19.3 Å². The van der Waals surface area contributed by atoms with Crippen molar-refractivity contribution in [1.82, 2.24) is 0 Å². The molecule has 0 unspecified atom stereocenters. The van der Waals surface area contributed by atoms with E-state index in [1.165, 1.54) is 11.1 Å². The summed E-state index contributed by atoms with van der Waals surface area (Å²) in [6.45, 7) is 1.98. The number of cyclic esters (lactones) is 1. The first kappa shape index (κ1) is 13.9. The molecule has 1 aliphatic rings. The van der Waals surface area contributed by atoms with Crippen LogP contribution in [-0.4, -0.2) is 12.1 Å². The highest BCUT2D eigenvalue weighted by Gasteiger charge is 2.47. The molecule has 1 heterocycles. The van der Waals surface area contributed by atoms with E-state index in [2.05, 4.69) is 24.3 Å². The van der Waals surface area contributed by atoms with Crippen LogP contribution in [0, 0.1) is 5.41 Å². The van der Waals surface area contributed by atoms with Crippen LogP contribution in [0.15, 0.2) is 60.7 Å². The van der Waals surface area contributed by atoms with E-state index >= 15 is 0 Å². The minimum absolute atomic E-state index is 0.00456. The standard InChI is InChI=1S/C19H20O2/c1-15-12-19(18(20)21-15,13-16-8-4-2-5-9-16)14-17-10-6-3-7-11-17/h2-11,15H,12-14H2,1H3/t15-/m1/s1. The molecule has 0 N–H and O–H groups in total. The molecule has 1 atom stereocenters. The summed E-state index contributed by atoms with van der Waals surface area (Å²) in [7, 11) is 0. The van der Waals surface area contributed by atoms with Crippen molar-refractivity contribution < 1.29 is 9.53 Å². The van der Waals surface area contributed by atoms with Crippen LogP contribution in [0.4, 0.5) is 0 Å². The molecule has 0 saturated carbocycles. The number of hydrogen-bond donors (Lipinski definition) is 0. The van der Waals surface area contributed by atoms with Crippen LogP contribution < -0.4 is 0 Å². The lowest BCUT2D eigenvalue weighted by Crippen LogP contribution is -2.31. The minimum atomic E-state index is -0.428. The summed E-state index contributed by atoms with van der Waals surface area (Å²) >= 11 is 0. The first-order valence-corrected chi connectivity index (χ1v) is 7.47. The van der Waals surface area contributed by atoms with E-state index in [-0.39, 0.29) is 12.1 Å². The second kappa shape index (κ2) is 5.72. The Morgan fingerprint density at radius 3 is 1.81 bits per heavy atom. The maximum atomic E-state index is 12.5. The van der Waals surface area contributed by atoms with Crippen LogP contribution in [0.3, 0.4) is 0 Å². The monoisotopic (exact) mass is 280 g/mol. The van der Waals surface area contributed by atoms with Gasteiger partial charge in [-0.1, -0.05) is 60.7 Å². The first-order valence-electron chi connectivity index (χ1n) is 7.47. The van der Waals surface area contributed by atoms with Crippen molar-refractivity contribution in [2.75, 3.05) is 0 Å². The van der Waals surface area contributed by atoms with Crippen molar-refractivity contribution in [2.45, 2.75) is 32.3 Å². The molecule has 1 aliphatic heterocycles. The van der Waals surface area contributed by atoms with E-state index in [1.54, 1.807) is 0 Å². The summed E-state index contributed by atoms with van der Waals surface area (Å²) in [6, 6.07) is 20.4. The molecule has 2 nitrogen and oxygen atoms in total. The second-order valence-corrected chi connectivity index (χ2v) is 6.03. The smallest absolute Gasteiger partial charge is 0.313 e. The fraction of sp³-hybridized carbons (Fsp3) is 0.316. The van der Waals surface area contributed by atoms with E-state index in [1.807, 2.05) is 43.3 Å². The van der Waals surface area contributed by atoms with Crippen LogP contribution in [0.5, 0.6) is 0 Å². The lowest BCUT2D eigenvalue weighted by molar-refractivity contribution is -0.148. The number of esters is 1. The zero-order valence-electron chi connectivity index (χ0n) is 12.3. The van der Waals surface area contributed by atoms with Crippen LogP contribution in [-0.2, 0) is 22.4 Å². The molecule has 2 heteroatoms. The van der Waals surface area contributed by atoms with Crippen molar-refractivity contribution in [1.29, 1.82) is 0 Å². The molecule has 3 rings (SSSR count). The number of benzene rings is 2. The highest BCUT2D eigenvalue weighted by Crippen LogP contribution is 2.40. The number of carbonyl (C=O) groups excluding carboxylic acids is 1. The highest BCUT2D eigenvalue weighted by molar-refractivity contribution is 5.80. The summed E-state index contributed by atoms with van der Waals surface area (Å²) in [5.41, 5.74) is 1.96. The van der Waals surface area contributed by atoms with Gasteiger partial charge < -0.3 is 4.74 Å². The van der Waals surface area contributed by atoms with Gasteiger partial charge in [-0.25, -0.2) is 0 Å². The van der Waals surface area contributed by atoms with Crippen molar-refractivity contribution >= 4 is 5.97 Å². The van der Waals surface area contributed by atoms with Crippen LogP contribution in [0.1, 0.15) is 24.5 Å². The van der Waals surface area contributed by atoms with Gasteiger partial charge in [-0.2, -0.15) is 0 Å². The molecule has 1 saturated heterocycles. The predicted molar refractivity (Wildman–Crippen MR) is 82.9 cm³/mol. The molecule has 0 radical (unpaired) electrons. The van der Waals surface area contributed by atoms with Crippen LogP contribution in [0.2, 0.25) is 0 Å². The molecule has 0 aliphatic carbocycles. The van der Waals surface area contributed by atoms with Gasteiger partial charge in [0.05, 0.1) is 5.41 Å². The number of hydrogen-bond acceptors (Lipinski definition) is 2. The number of rotatable bonds is 4. The molecule has 1 fully saturated rings. The van der Waals surface area contributed by atoms with Gasteiger partial charge in [-0.3, -0.25) is 4.79 Å². The van der Waals surface area contributed by atoms with Gasteiger partial charge in [-0.15, -0.1) is 0 Å². The lowest BCUT2D eigenvalue weighted by Gasteiger charge is -2.25. The summed E-state index contributed by atoms with van der Waals surface area (Å²) in [6.07, 6.45) is 2.28. The topological polar surface area (TPSA) is 26.3 Å².